The highest BCUT2D eigenvalue weighted by Crippen LogP contribution is 2.07. The molecule has 1 fully saturated rings. The molecule has 0 radical (unpaired) electrons. The van der Waals surface area contributed by atoms with E-state index in [4.69, 9.17) is 4.74 Å². The summed E-state index contributed by atoms with van der Waals surface area (Å²) in [5.74, 6) is 0.136. The lowest BCUT2D eigenvalue weighted by Crippen LogP contribution is -2.41. The molecule has 0 aromatic rings. The Bertz CT molecular complexity index is 253. The van der Waals surface area contributed by atoms with Crippen molar-refractivity contribution < 1.29 is 9.53 Å². The van der Waals surface area contributed by atoms with Crippen molar-refractivity contribution in [1.82, 2.24) is 15.5 Å². The van der Waals surface area contributed by atoms with Crippen molar-refractivity contribution in [1.29, 1.82) is 0 Å². The molecule has 0 bridgehead atoms. The minimum absolute atomic E-state index is 0.136. The maximum Gasteiger partial charge on any atom is 0.221 e. The van der Waals surface area contributed by atoms with Gasteiger partial charge in [0.15, 0.2) is 0 Å². The molecule has 1 saturated heterocycles. The van der Waals surface area contributed by atoms with Gasteiger partial charge in [-0.2, -0.15) is 0 Å². The van der Waals surface area contributed by atoms with Gasteiger partial charge in [-0.05, 0) is 33.2 Å². The minimum atomic E-state index is 0.136. The number of hydrogen-bond donors (Lipinski definition) is 2. The van der Waals surface area contributed by atoms with Crippen molar-refractivity contribution in [3.63, 3.8) is 0 Å². The molecule has 5 nitrogen and oxygen atoms in total. The molecule has 1 amide bonds. The fourth-order valence-corrected chi connectivity index (χ4v) is 2.39. The number of nitrogens with one attached hydrogen (secondary N) is 2. The summed E-state index contributed by atoms with van der Waals surface area (Å²) in [5, 5.41) is 6.44. The highest BCUT2D eigenvalue weighted by Gasteiger charge is 2.18. The molecular formula is C14H29N3O2. The smallest absolute Gasteiger partial charge is 0.221 e. The van der Waals surface area contributed by atoms with E-state index in [1.165, 1.54) is 12.8 Å². The Hall–Kier alpha value is -0.650. The van der Waals surface area contributed by atoms with Crippen LogP contribution in [0, 0.1) is 0 Å². The summed E-state index contributed by atoms with van der Waals surface area (Å²) in [6, 6.07) is 0.793. The summed E-state index contributed by atoms with van der Waals surface area (Å²) in [5.41, 5.74) is 0. The number of carbonyl (C=O) groups is 1. The summed E-state index contributed by atoms with van der Waals surface area (Å²) in [4.78, 5) is 14.0. The van der Waals surface area contributed by atoms with Gasteiger partial charge in [-0.3, -0.25) is 9.69 Å². The van der Waals surface area contributed by atoms with Gasteiger partial charge in [0.2, 0.25) is 5.91 Å². The first-order chi connectivity index (χ1) is 9.11. The molecule has 5 heteroatoms. The summed E-state index contributed by atoms with van der Waals surface area (Å²) < 4.78 is 5.15. The number of carbonyl (C=O) groups excluding carboxylic acids is 1. The van der Waals surface area contributed by atoms with Crippen LogP contribution in [-0.4, -0.2) is 62.8 Å². The lowest BCUT2D eigenvalue weighted by atomic mass is 10.2. The minimum Gasteiger partial charge on any atom is -0.383 e. The van der Waals surface area contributed by atoms with Crippen molar-refractivity contribution in [2.24, 2.45) is 0 Å². The van der Waals surface area contributed by atoms with Crippen LogP contribution >= 0.6 is 0 Å². The van der Waals surface area contributed by atoms with Crippen LogP contribution in [0.5, 0.6) is 0 Å². The average molecular weight is 271 g/mol. The first-order valence-electron chi connectivity index (χ1n) is 7.36. The molecule has 0 aromatic heterocycles. The lowest BCUT2D eigenvalue weighted by Gasteiger charge is -2.25. The van der Waals surface area contributed by atoms with Crippen molar-refractivity contribution in [3.8, 4) is 0 Å². The largest absolute Gasteiger partial charge is 0.383 e. The number of hydrogen-bond acceptors (Lipinski definition) is 4. The van der Waals surface area contributed by atoms with E-state index in [2.05, 4.69) is 15.5 Å². The topological polar surface area (TPSA) is 53.6 Å². The second kappa shape index (κ2) is 9.28. The standard InChI is InChI=1S/C14H29N3O2/c1-12(2)16-14(18)6-8-17(9-10-19-3)11-13-5-4-7-15-13/h12-13,15H,4-11H2,1-3H3,(H,16,18). The van der Waals surface area contributed by atoms with Gasteiger partial charge in [0.25, 0.3) is 0 Å². The average Bonchev–Trinajstić information content (AvgIpc) is 2.84. The molecule has 1 aliphatic heterocycles. The third-order valence-electron chi connectivity index (χ3n) is 3.36. The monoisotopic (exact) mass is 271 g/mol. The molecule has 2 N–H and O–H groups in total. The maximum atomic E-state index is 11.7. The number of ether oxygens (including phenoxy) is 1. The molecule has 0 spiro atoms. The zero-order valence-corrected chi connectivity index (χ0v) is 12.6. The fraction of sp³-hybridized carbons (Fsp3) is 0.929. The summed E-state index contributed by atoms with van der Waals surface area (Å²) in [6.07, 6.45) is 3.06. The van der Waals surface area contributed by atoms with Crippen molar-refractivity contribution >= 4 is 5.91 Å². The predicted octanol–water partition coefficient (Wildman–Crippen LogP) is 0.602. The number of rotatable bonds is 9. The van der Waals surface area contributed by atoms with Gasteiger partial charge in [-0.25, -0.2) is 0 Å². The van der Waals surface area contributed by atoms with E-state index in [1.807, 2.05) is 13.8 Å². The maximum absolute atomic E-state index is 11.7. The van der Waals surface area contributed by atoms with Gasteiger partial charge in [-0.15, -0.1) is 0 Å². The van der Waals surface area contributed by atoms with Crippen LogP contribution in [0.3, 0.4) is 0 Å². The Morgan fingerprint density at radius 3 is 2.84 bits per heavy atom. The summed E-state index contributed by atoms with van der Waals surface area (Å²) >= 11 is 0. The summed E-state index contributed by atoms with van der Waals surface area (Å²) in [7, 11) is 1.72. The van der Waals surface area contributed by atoms with E-state index < -0.39 is 0 Å². The van der Waals surface area contributed by atoms with Crippen LogP contribution in [0.15, 0.2) is 0 Å². The fourth-order valence-electron chi connectivity index (χ4n) is 2.39. The van der Waals surface area contributed by atoms with Crippen molar-refractivity contribution in [2.75, 3.05) is 39.9 Å². The van der Waals surface area contributed by atoms with Crippen LogP contribution in [0.25, 0.3) is 0 Å². The number of nitrogens with zero attached hydrogens (tertiary/aromatic N) is 1. The Kier molecular flexibility index (Phi) is 8.02. The van der Waals surface area contributed by atoms with Crippen LogP contribution < -0.4 is 10.6 Å². The van der Waals surface area contributed by atoms with E-state index in [0.717, 1.165) is 32.8 Å². The molecule has 0 saturated carbocycles. The third-order valence-corrected chi connectivity index (χ3v) is 3.36. The molecule has 1 aliphatic rings. The normalized spacial score (nSPS) is 19.3. The first kappa shape index (κ1) is 16.4. The molecule has 112 valence electrons. The van der Waals surface area contributed by atoms with Gasteiger partial charge in [-0.1, -0.05) is 0 Å². The number of amides is 1. The van der Waals surface area contributed by atoms with E-state index in [-0.39, 0.29) is 11.9 Å². The zero-order valence-electron chi connectivity index (χ0n) is 12.6. The van der Waals surface area contributed by atoms with Crippen molar-refractivity contribution in [3.05, 3.63) is 0 Å². The molecule has 19 heavy (non-hydrogen) atoms. The first-order valence-corrected chi connectivity index (χ1v) is 7.36. The molecule has 0 aromatic carbocycles. The van der Waals surface area contributed by atoms with E-state index in [1.54, 1.807) is 7.11 Å². The molecule has 1 heterocycles. The van der Waals surface area contributed by atoms with Crippen LogP contribution in [-0.2, 0) is 9.53 Å². The van der Waals surface area contributed by atoms with Gasteiger partial charge in [0, 0.05) is 45.2 Å². The van der Waals surface area contributed by atoms with Crippen LogP contribution in [0.2, 0.25) is 0 Å². The van der Waals surface area contributed by atoms with Gasteiger partial charge in [0.05, 0.1) is 6.61 Å². The summed E-state index contributed by atoms with van der Waals surface area (Å²) in [6.45, 7) is 8.53. The van der Waals surface area contributed by atoms with Crippen molar-refractivity contribution in [2.45, 2.75) is 45.2 Å². The predicted molar refractivity (Wildman–Crippen MR) is 77.2 cm³/mol. The van der Waals surface area contributed by atoms with Gasteiger partial charge >= 0.3 is 0 Å². The molecule has 1 unspecified atom stereocenters. The quantitative estimate of drug-likeness (QED) is 0.645. The Morgan fingerprint density at radius 1 is 1.47 bits per heavy atom. The molecule has 1 atom stereocenters. The zero-order chi connectivity index (χ0) is 14.1. The highest BCUT2D eigenvalue weighted by molar-refractivity contribution is 5.76. The Balaban J connectivity index is 2.29. The van der Waals surface area contributed by atoms with E-state index in [0.29, 0.717) is 12.5 Å². The van der Waals surface area contributed by atoms with Gasteiger partial charge < -0.3 is 15.4 Å². The highest BCUT2D eigenvalue weighted by atomic mass is 16.5. The van der Waals surface area contributed by atoms with Gasteiger partial charge in [0.1, 0.15) is 0 Å². The molecule has 0 aliphatic carbocycles. The van der Waals surface area contributed by atoms with Crippen LogP contribution in [0.4, 0.5) is 0 Å². The van der Waals surface area contributed by atoms with E-state index >= 15 is 0 Å². The Labute approximate surface area is 117 Å². The SMILES string of the molecule is COCCN(CCC(=O)NC(C)C)CC1CCCN1. The number of methoxy groups -OCH3 is 1. The molecule has 1 rings (SSSR count). The molecular weight excluding hydrogens is 242 g/mol. The van der Waals surface area contributed by atoms with Crippen LogP contribution in [0.1, 0.15) is 33.1 Å². The second-order valence-corrected chi connectivity index (χ2v) is 5.56. The second-order valence-electron chi connectivity index (χ2n) is 5.56. The van der Waals surface area contributed by atoms with E-state index in [9.17, 15) is 4.79 Å². The third kappa shape index (κ3) is 7.50. The Morgan fingerprint density at radius 2 is 2.26 bits per heavy atom. The lowest BCUT2D eigenvalue weighted by molar-refractivity contribution is -0.121.